The monoisotopic (exact) mass is 464 g/mol. The lowest BCUT2D eigenvalue weighted by molar-refractivity contribution is -0.386. The summed E-state index contributed by atoms with van der Waals surface area (Å²) in [6.07, 6.45) is 1.40. The van der Waals surface area contributed by atoms with Gasteiger partial charge >= 0.3 is 5.69 Å². The van der Waals surface area contributed by atoms with Gasteiger partial charge in [0, 0.05) is 29.3 Å². The Bertz CT molecular complexity index is 1260. The van der Waals surface area contributed by atoms with Crippen molar-refractivity contribution in [1.29, 1.82) is 0 Å². The molecule has 0 aliphatic rings. The molecule has 3 aromatic carbocycles. The summed E-state index contributed by atoms with van der Waals surface area (Å²) < 4.78 is 11.0. The van der Waals surface area contributed by atoms with Crippen molar-refractivity contribution in [3.63, 3.8) is 0 Å². The van der Waals surface area contributed by atoms with Crippen LogP contribution in [0, 0.1) is 27.2 Å². The maximum absolute atomic E-state index is 12.2. The molecule has 3 rings (SSSR count). The summed E-state index contributed by atoms with van der Waals surface area (Å²) in [5.41, 5.74) is 4.28. The first-order valence-electron chi connectivity index (χ1n) is 9.91. The van der Waals surface area contributed by atoms with E-state index in [1.807, 2.05) is 0 Å². The molecule has 34 heavy (non-hydrogen) atoms. The number of non-ortho nitro benzene ring substituents is 1. The summed E-state index contributed by atoms with van der Waals surface area (Å²) >= 11 is 0. The van der Waals surface area contributed by atoms with E-state index in [2.05, 4.69) is 10.5 Å². The van der Waals surface area contributed by atoms with Crippen molar-refractivity contribution in [3.05, 3.63) is 103 Å². The fourth-order valence-electron chi connectivity index (χ4n) is 3.00. The fourth-order valence-corrected chi connectivity index (χ4v) is 3.00. The highest BCUT2D eigenvalue weighted by molar-refractivity contribution is 5.95. The van der Waals surface area contributed by atoms with Gasteiger partial charge in [0.1, 0.15) is 12.4 Å². The molecule has 0 radical (unpaired) electrons. The number of methoxy groups -OCH3 is 1. The van der Waals surface area contributed by atoms with Crippen LogP contribution in [-0.4, -0.2) is 29.1 Å². The molecule has 0 fully saturated rings. The number of ether oxygens (including phenoxy) is 2. The molecule has 0 spiro atoms. The number of amides is 1. The Kier molecular flexibility index (Phi) is 7.49. The van der Waals surface area contributed by atoms with Crippen molar-refractivity contribution in [1.82, 2.24) is 5.43 Å². The second kappa shape index (κ2) is 10.7. The van der Waals surface area contributed by atoms with Gasteiger partial charge in [-0.05, 0) is 54.4 Å². The van der Waals surface area contributed by atoms with Crippen LogP contribution in [0.5, 0.6) is 11.5 Å². The number of hydrogen-bond donors (Lipinski definition) is 1. The van der Waals surface area contributed by atoms with Gasteiger partial charge in [0.05, 0.1) is 23.2 Å². The van der Waals surface area contributed by atoms with Crippen LogP contribution in [0.25, 0.3) is 0 Å². The Morgan fingerprint density at radius 3 is 2.35 bits per heavy atom. The molecule has 11 heteroatoms. The van der Waals surface area contributed by atoms with E-state index in [1.165, 1.54) is 43.7 Å². The molecule has 11 nitrogen and oxygen atoms in total. The first-order valence-corrected chi connectivity index (χ1v) is 9.91. The molecule has 0 aliphatic heterocycles. The zero-order valence-corrected chi connectivity index (χ0v) is 18.3. The molecule has 0 unspecified atom stereocenters. The van der Waals surface area contributed by atoms with Crippen LogP contribution < -0.4 is 14.9 Å². The Morgan fingerprint density at radius 1 is 1.00 bits per heavy atom. The SMILES string of the molecule is COc1ccc(/C=N\NC(=O)c2ccc([N+](=O)[O-])cc2)cc1COc1ccc(C)cc1[N+](=O)[O-]. The van der Waals surface area contributed by atoms with Gasteiger partial charge in [0.2, 0.25) is 0 Å². The minimum Gasteiger partial charge on any atom is -0.496 e. The van der Waals surface area contributed by atoms with Gasteiger partial charge in [0.25, 0.3) is 11.6 Å². The number of benzene rings is 3. The fraction of sp³-hybridized carbons (Fsp3) is 0.130. The molecule has 0 aliphatic carbocycles. The van der Waals surface area contributed by atoms with Crippen LogP contribution in [0.2, 0.25) is 0 Å². The molecule has 1 amide bonds. The number of carbonyl (C=O) groups excluding carboxylic acids is 1. The molecule has 0 heterocycles. The van der Waals surface area contributed by atoms with E-state index in [-0.39, 0.29) is 29.3 Å². The van der Waals surface area contributed by atoms with Gasteiger partial charge < -0.3 is 9.47 Å². The maximum Gasteiger partial charge on any atom is 0.311 e. The van der Waals surface area contributed by atoms with Crippen LogP contribution in [0.15, 0.2) is 65.8 Å². The second-order valence-corrected chi connectivity index (χ2v) is 7.09. The number of rotatable bonds is 9. The molecular formula is C23H20N4O7. The molecule has 0 saturated heterocycles. The van der Waals surface area contributed by atoms with Gasteiger partial charge in [-0.15, -0.1) is 0 Å². The number of nitrogens with one attached hydrogen (secondary N) is 1. The standard InChI is InChI=1S/C23H20N4O7/c1-15-3-9-22(20(11-15)27(31)32)34-14-18-12-16(4-10-21(18)33-2)13-24-25-23(28)17-5-7-19(8-6-17)26(29)30/h3-13H,14H2,1-2H3,(H,25,28)/b24-13-. The normalized spacial score (nSPS) is 10.6. The number of nitro groups is 2. The number of nitrogens with zero attached hydrogens (tertiary/aromatic N) is 3. The van der Waals surface area contributed by atoms with E-state index in [1.54, 1.807) is 37.3 Å². The highest BCUT2D eigenvalue weighted by atomic mass is 16.6. The van der Waals surface area contributed by atoms with Crippen LogP contribution in [0.4, 0.5) is 11.4 Å². The average Bonchev–Trinajstić information content (AvgIpc) is 2.83. The van der Waals surface area contributed by atoms with Crippen molar-refractivity contribution in [2.45, 2.75) is 13.5 Å². The van der Waals surface area contributed by atoms with Crippen LogP contribution in [0.3, 0.4) is 0 Å². The van der Waals surface area contributed by atoms with Crippen LogP contribution in [0.1, 0.15) is 27.0 Å². The average molecular weight is 464 g/mol. The molecule has 174 valence electrons. The van der Waals surface area contributed by atoms with Crippen LogP contribution >= 0.6 is 0 Å². The third-order valence-corrected chi connectivity index (χ3v) is 4.72. The van der Waals surface area contributed by atoms with E-state index >= 15 is 0 Å². The minimum atomic E-state index is -0.554. The van der Waals surface area contributed by atoms with Crippen molar-refractivity contribution in [3.8, 4) is 11.5 Å². The highest BCUT2D eigenvalue weighted by Gasteiger charge is 2.16. The predicted octanol–water partition coefficient (Wildman–Crippen LogP) is 4.16. The van der Waals surface area contributed by atoms with E-state index in [4.69, 9.17) is 9.47 Å². The van der Waals surface area contributed by atoms with E-state index < -0.39 is 15.8 Å². The summed E-state index contributed by atoms with van der Waals surface area (Å²) in [6, 6.07) is 14.9. The molecule has 0 atom stereocenters. The third-order valence-electron chi connectivity index (χ3n) is 4.72. The number of nitro benzene ring substituents is 2. The Hall–Kier alpha value is -4.80. The molecule has 0 bridgehead atoms. The number of aryl methyl sites for hydroxylation is 1. The Balaban J connectivity index is 1.70. The summed E-state index contributed by atoms with van der Waals surface area (Å²) in [6.45, 7) is 1.76. The summed E-state index contributed by atoms with van der Waals surface area (Å²) in [5, 5.41) is 25.9. The lowest BCUT2D eigenvalue weighted by Gasteiger charge is -2.11. The largest absolute Gasteiger partial charge is 0.496 e. The molecule has 3 aromatic rings. The lowest BCUT2D eigenvalue weighted by Crippen LogP contribution is -2.17. The Morgan fingerprint density at radius 2 is 1.71 bits per heavy atom. The summed E-state index contributed by atoms with van der Waals surface area (Å²) in [4.78, 5) is 33.1. The highest BCUT2D eigenvalue weighted by Crippen LogP contribution is 2.30. The van der Waals surface area contributed by atoms with Crippen molar-refractivity contribution < 1.29 is 24.1 Å². The third kappa shape index (κ3) is 5.91. The number of hydrazone groups is 1. The maximum atomic E-state index is 12.2. The van der Waals surface area contributed by atoms with Crippen molar-refractivity contribution in [2.24, 2.45) is 5.10 Å². The number of carbonyl (C=O) groups is 1. The van der Waals surface area contributed by atoms with Crippen LogP contribution in [-0.2, 0) is 6.61 Å². The van der Waals surface area contributed by atoms with Gasteiger partial charge in [-0.1, -0.05) is 6.07 Å². The van der Waals surface area contributed by atoms with E-state index in [0.717, 1.165) is 5.56 Å². The van der Waals surface area contributed by atoms with Gasteiger partial charge in [-0.2, -0.15) is 5.10 Å². The topological polar surface area (TPSA) is 146 Å². The second-order valence-electron chi connectivity index (χ2n) is 7.09. The smallest absolute Gasteiger partial charge is 0.311 e. The quantitative estimate of drug-likeness (QED) is 0.284. The zero-order valence-electron chi connectivity index (χ0n) is 18.3. The molecule has 0 saturated carbocycles. The Labute approximate surface area is 193 Å². The predicted molar refractivity (Wildman–Crippen MR) is 123 cm³/mol. The summed E-state index contributed by atoms with van der Waals surface area (Å²) in [5.74, 6) is 0.115. The van der Waals surface area contributed by atoms with Crippen molar-refractivity contribution in [2.75, 3.05) is 7.11 Å². The van der Waals surface area contributed by atoms with E-state index in [9.17, 15) is 25.0 Å². The van der Waals surface area contributed by atoms with Gasteiger partial charge in [0.15, 0.2) is 5.75 Å². The first-order chi connectivity index (χ1) is 16.3. The molecule has 1 N–H and O–H groups in total. The molecule has 0 aromatic heterocycles. The summed E-state index contributed by atoms with van der Waals surface area (Å²) in [7, 11) is 1.49. The lowest BCUT2D eigenvalue weighted by atomic mass is 10.1. The zero-order chi connectivity index (χ0) is 24.7. The first kappa shape index (κ1) is 23.9. The van der Waals surface area contributed by atoms with Gasteiger partial charge in [-0.25, -0.2) is 5.43 Å². The van der Waals surface area contributed by atoms with Crippen molar-refractivity contribution >= 4 is 23.5 Å². The minimum absolute atomic E-state index is 0.00388. The van der Waals surface area contributed by atoms with E-state index in [0.29, 0.717) is 16.9 Å². The molecular weight excluding hydrogens is 444 g/mol. The van der Waals surface area contributed by atoms with Gasteiger partial charge in [-0.3, -0.25) is 25.0 Å². The number of hydrogen-bond acceptors (Lipinski definition) is 8.